The first-order chi connectivity index (χ1) is 10.2. The molecule has 0 radical (unpaired) electrons. The van der Waals surface area contributed by atoms with E-state index in [0.29, 0.717) is 18.7 Å². The van der Waals surface area contributed by atoms with Gasteiger partial charge in [-0.05, 0) is 36.1 Å². The maximum Gasteiger partial charge on any atom is 0.241 e. The Hall–Kier alpha value is -1.57. The van der Waals surface area contributed by atoms with Crippen molar-refractivity contribution in [2.45, 2.75) is 19.0 Å². The molecule has 120 valence electrons. The summed E-state index contributed by atoms with van der Waals surface area (Å²) in [5.74, 6) is 0.697. The van der Waals surface area contributed by atoms with Gasteiger partial charge in [-0.3, -0.25) is 14.5 Å². The average molecular weight is 342 g/mol. The first kappa shape index (κ1) is 18.5. The molecule has 1 amide bonds. The quantitative estimate of drug-likeness (QED) is 0.801. The second-order valence-electron chi connectivity index (χ2n) is 4.66. The summed E-state index contributed by atoms with van der Waals surface area (Å²) in [5, 5.41) is 7.01. The van der Waals surface area contributed by atoms with Gasteiger partial charge in [-0.25, -0.2) is 0 Å². The summed E-state index contributed by atoms with van der Waals surface area (Å²) >= 11 is 1.68. The summed E-state index contributed by atoms with van der Waals surface area (Å²) < 4.78 is 1.76. The molecule has 0 saturated carbocycles. The Bertz CT molecular complexity index is 578. The number of nitrogens with zero attached hydrogens (tertiary/aromatic N) is 3. The molecule has 0 bridgehead atoms. The van der Waals surface area contributed by atoms with Crippen LogP contribution in [-0.2, 0) is 11.3 Å². The topological polar surface area (TPSA) is 85.8 Å². The van der Waals surface area contributed by atoms with Crippen LogP contribution in [0.1, 0.15) is 12.0 Å². The zero-order valence-electron chi connectivity index (χ0n) is 12.3. The molecule has 2 aromatic heterocycles. The molecule has 0 unspecified atom stereocenters. The summed E-state index contributed by atoms with van der Waals surface area (Å²) in [5.41, 5.74) is 7.58. The van der Waals surface area contributed by atoms with Gasteiger partial charge < -0.3 is 11.1 Å². The average Bonchev–Trinajstić information content (AvgIpc) is 2.92. The molecule has 22 heavy (non-hydrogen) atoms. The third-order valence-corrected chi connectivity index (χ3v) is 3.61. The SMILES string of the molecule is CSCC[C@H](N)C(=O)Nc1cnn(Cc2ccncc2)c1.Cl. The van der Waals surface area contributed by atoms with E-state index in [1.807, 2.05) is 18.4 Å². The molecule has 0 spiro atoms. The van der Waals surface area contributed by atoms with Crippen LogP contribution in [0.25, 0.3) is 0 Å². The van der Waals surface area contributed by atoms with Gasteiger partial charge in [-0.15, -0.1) is 12.4 Å². The first-order valence-corrected chi connectivity index (χ1v) is 8.05. The molecule has 8 heteroatoms. The Morgan fingerprint density at radius 2 is 2.18 bits per heavy atom. The van der Waals surface area contributed by atoms with Crippen LogP contribution in [0, 0.1) is 0 Å². The van der Waals surface area contributed by atoms with Crippen LogP contribution < -0.4 is 11.1 Å². The fraction of sp³-hybridized carbons (Fsp3) is 0.357. The minimum Gasteiger partial charge on any atom is -0.322 e. The van der Waals surface area contributed by atoms with E-state index in [1.54, 1.807) is 41.2 Å². The van der Waals surface area contributed by atoms with Gasteiger partial charge >= 0.3 is 0 Å². The van der Waals surface area contributed by atoms with E-state index in [1.165, 1.54) is 0 Å². The summed E-state index contributed by atoms with van der Waals surface area (Å²) in [6.45, 7) is 0.636. The molecule has 6 nitrogen and oxygen atoms in total. The van der Waals surface area contributed by atoms with E-state index in [2.05, 4.69) is 15.4 Å². The molecule has 0 aliphatic carbocycles. The van der Waals surface area contributed by atoms with Gasteiger partial charge in [0.15, 0.2) is 0 Å². The number of hydrogen-bond donors (Lipinski definition) is 2. The monoisotopic (exact) mass is 341 g/mol. The van der Waals surface area contributed by atoms with E-state index in [-0.39, 0.29) is 18.3 Å². The predicted molar refractivity (Wildman–Crippen MR) is 92.4 cm³/mol. The van der Waals surface area contributed by atoms with Crippen LogP contribution >= 0.6 is 24.2 Å². The zero-order chi connectivity index (χ0) is 15.1. The number of thioether (sulfide) groups is 1. The maximum atomic E-state index is 11.9. The van der Waals surface area contributed by atoms with Crippen LogP contribution in [0.5, 0.6) is 0 Å². The fourth-order valence-electron chi connectivity index (χ4n) is 1.80. The lowest BCUT2D eigenvalue weighted by atomic mass is 10.2. The van der Waals surface area contributed by atoms with Crippen molar-refractivity contribution in [3.63, 3.8) is 0 Å². The molecule has 1 atom stereocenters. The van der Waals surface area contributed by atoms with Crippen LogP contribution in [0.4, 0.5) is 5.69 Å². The summed E-state index contributed by atoms with van der Waals surface area (Å²) in [7, 11) is 0. The second-order valence-corrected chi connectivity index (χ2v) is 5.64. The number of carbonyl (C=O) groups is 1. The molecule has 0 fully saturated rings. The molecular formula is C14H20ClN5OS. The molecule has 0 aromatic carbocycles. The largest absolute Gasteiger partial charge is 0.322 e. The third-order valence-electron chi connectivity index (χ3n) is 2.96. The molecule has 3 N–H and O–H groups in total. The van der Waals surface area contributed by atoms with Crippen LogP contribution in [-0.4, -0.2) is 38.7 Å². The smallest absolute Gasteiger partial charge is 0.241 e. The molecule has 2 heterocycles. The number of carbonyl (C=O) groups excluding carboxylic acids is 1. The van der Waals surface area contributed by atoms with Crippen molar-refractivity contribution >= 4 is 35.8 Å². The lowest BCUT2D eigenvalue weighted by molar-refractivity contribution is -0.117. The van der Waals surface area contributed by atoms with E-state index < -0.39 is 6.04 Å². The molecule has 0 aliphatic rings. The minimum absolute atomic E-state index is 0. The number of anilines is 1. The standard InChI is InChI=1S/C14H19N5OS.ClH/c1-21-7-4-13(15)14(20)18-12-8-17-19(10-12)9-11-2-5-16-6-3-11;/h2-3,5-6,8,10,13H,4,7,9,15H2,1H3,(H,18,20);1H/t13-;/m0./s1. The molecular weight excluding hydrogens is 322 g/mol. The summed E-state index contributed by atoms with van der Waals surface area (Å²) in [6.07, 6.45) is 9.56. The Kier molecular flexibility index (Phi) is 7.94. The Balaban J connectivity index is 0.00000242. The van der Waals surface area contributed by atoms with E-state index in [4.69, 9.17) is 5.73 Å². The van der Waals surface area contributed by atoms with Crippen LogP contribution in [0.3, 0.4) is 0 Å². The van der Waals surface area contributed by atoms with Crippen molar-refractivity contribution in [3.05, 3.63) is 42.5 Å². The number of nitrogens with two attached hydrogens (primary N) is 1. The van der Waals surface area contributed by atoms with Gasteiger partial charge in [-0.1, -0.05) is 0 Å². The lowest BCUT2D eigenvalue weighted by Crippen LogP contribution is -2.35. The predicted octanol–water partition coefficient (Wildman–Crippen LogP) is 1.77. The minimum atomic E-state index is -0.485. The highest BCUT2D eigenvalue weighted by Crippen LogP contribution is 2.09. The highest BCUT2D eigenvalue weighted by atomic mass is 35.5. The highest BCUT2D eigenvalue weighted by Gasteiger charge is 2.13. The molecule has 0 aliphatic heterocycles. The number of rotatable bonds is 7. The normalized spacial score (nSPS) is 11.5. The van der Waals surface area contributed by atoms with Crippen molar-refractivity contribution in [2.75, 3.05) is 17.3 Å². The Labute approximate surface area is 140 Å². The fourth-order valence-corrected chi connectivity index (χ4v) is 2.29. The highest BCUT2D eigenvalue weighted by molar-refractivity contribution is 7.98. The number of aromatic nitrogens is 3. The number of amides is 1. The number of hydrogen-bond acceptors (Lipinski definition) is 5. The Morgan fingerprint density at radius 1 is 1.45 bits per heavy atom. The van der Waals surface area contributed by atoms with E-state index >= 15 is 0 Å². The van der Waals surface area contributed by atoms with E-state index in [0.717, 1.165) is 11.3 Å². The van der Waals surface area contributed by atoms with Crippen LogP contribution in [0.15, 0.2) is 36.9 Å². The third kappa shape index (κ3) is 5.67. The number of halogens is 1. The molecule has 0 saturated heterocycles. The molecule has 2 rings (SSSR count). The molecule has 2 aromatic rings. The first-order valence-electron chi connectivity index (χ1n) is 6.66. The number of nitrogens with one attached hydrogen (secondary N) is 1. The van der Waals surface area contributed by atoms with Crippen molar-refractivity contribution in [2.24, 2.45) is 5.73 Å². The van der Waals surface area contributed by atoms with Crippen molar-refractivity contribution in [3.8, 4) is 0 Å². The van der Waals surface area contributed by atoms with Gasteiger partial charge in [0.1, 0.15) is 0 Å². The summed E-state index contributed by atoms with van der Waals surface area (Å²) in [6, 6.07) is 3.37. The zero-order valence-corrected chi connectivity index (χ0v) is 13.9. The Morgan fingerprint density at radius 3 is 2.86 bits per heavy atom. The lowest BCUT2D eigenvalue weighted by Gasteiger charge is -2.09. The van der Waals surface area contributed by atoms with Crippen LogP contribution in [0.2, 0.25) is 0 Å². The van der Waals surface area contributed by atoms with Crippen molar-refractivity contribution < 1.29 is 4.79 Å². The van der Waals surface area contributed by atoms with Gasteiger partial charge in [0.2, 0.25) is 5.91 Å². The summed E-state index contributed by atoms with van der Waals surface area (Å²) in [4.78, 5) is 15.9. The maximum absolute atomic E-state index is 11.9. The second kappa shape index (κ2) is 9.45. The van der Waals surface area contributed by atoms with Gasteiger partial charge in [0.05, 0.1) is 24.5 Å². The van der Waals surface area contributed by atoms with Gasteiger partial charge in [0.25, 0.3) is 0 Å². The van der Waals surface area contributed by atoms with Crippen molar-refractivity contribution in [1.29, 1.82) is 0 Å². The van der Waals surface area contributed by atoms with Gasteiger partial charge in [0, 0.05) is 18.6 Å². The van der Waals surface area contributed by atoms with Crippen molar-refractivity contribution in [1.82, 2.24) is 14.8 Å². The number of pyridine rings is 1. The van der Waals surface area contributed by atoms with Gasteiger partial charge in [-0.2, -0.15) is 16.9 Å². The van der Waals surface area contributed by atoms with E-state index in [9.17, 15) is 4.79 Å².